The maximum Gasteiger partial charge on any atom is 0.140 e. The van der Waals surface area contributed by atoms with E-state index in [-0.39, 0.29) is 0 Å². The van der Waals surface area contributed by atoms with Crippen LogP contribution in [0.2, 0.25) is 0 Å². The number of aromatic nitrogens is 1. The molecule has 0 saturated heterocycles. The molecular formula is C11H15N3S. The first-order valence-corrected chi connectivity index (χ1v) is 6.20. The van der Waals surface area contributed by atoms with Crippen molar-refractivity contribution in [3.63, 3.8) is 0 Å². The second-order valence-electron chi connectivity index (χ2n) is 3.02. The summed E-state index contributed by atoms with van der Waals surface area (Å²) in [5.41, 5.74) is 1.44. The molecule has 1 aromatic rings. The van der Waals surface area contributed by atoms with E-state index in [0.717, 1.165) is 18.7 Å². The smallest absolute Gasteiger partial charge is 0.140 e. The highest BCUT2D eigenvalue weighted by atomic mass is 32.2. The Bertz CT molecular complexity index is 316. The van der Waals surface area contributed by atoms with E-state index in [1.165, 1.54) is 11.5 Å². The molecule has 1 rings (SSSR count). The van der Waals surface area contributed by atoms with Gasteiger partial charge in [-0.2, -0.15) is 17.0 Å². The molecule has 0 aliphatic carbocycles. The van der Waals surface area contributed by atoms with E-state index in [9.17, 15) is 0 Å². The molecule has 0 saturated carbocycles. The number of pyridine rings is 1. The fourth-order valence-electron chi connectivity index (χ4n) is 1.12. The average molecular weight is 221 g/mol. The summed E-state index contributed by atoms with van der Waals surface area (Å²) in [6.07, 6.45) is 2.85. The highest BCUT2D eigenvalue weighted by molar-refractivity contribution is 7.99. The Morgan fingerprint density at radius 1 is 1.53 bits per heavy atom. The maximum atomic E-state index is 8.57. The van der Waals surface area contributed by atoms with Crippen LogP contribution in [-0.2, 0) is 0 Å². The molecule has 1 heterocycles. The third-order valence-corrected chi connectivity index (χ3v) is 2.86. The van der Waals surface area contributed by atoms with Gasteiger partial charge in [0, 0.05) is 6.54 Å². The first-order chi connectivity index (χ1) is 7.36. The standard InChI is InChI=1S/C11H15N3S/c1-2-15-7-3-6-13-11-5-4-10(8-12)14-9-11/h4-5,9,13H,2-3,6-7H2,1H3. The van der Waals surface area contributed by atoms with Gasteiger partial charge in [0.15, 0.2) is 0 Å². The van der Waals surface area contributed by atoms with E-state index in [1.807, 2.05) is 23.9 Å². The van der Waals surface area contributed by atoms with Crippen molar-refractivity contribution in [1.82, 2.24) is 4.98 Å². The van der Waals surface area contributed by atoms with Crippen molar-refractivity contribution in [2.45, 2.75) is 13.3 Å². The fourth-order valence-corrected chi connectivity index (χ4v) is 1.75. The van der Waals surface area contributed by atoms with Crippen molar-refractivity contribution in [1.29, 1.82) is 5.26 Å². The summed E-state index contributed by atoms with van der Waals surface area (Å²) in [6, 6.07) is 5.61. The van der Waals surface area contributed by atoms with E-state index in [0.29, 0.717) is 5.69 Å². The summed E-state index contributed by atoms with van der Waals surface area (Å²) in [4.78, 5) is 3.98. The minimum atomic E-state index is 0.460. The number of hydrogen-bond donors (Lipinski definition) is 1. The number of nitrogens with zero attached hydrogens (tertiary/aromatic N) is 2. The molecule has 0 fully saturated rings. The Morgan fingerprint density at radius 3 is 3.00 bits per heavy atom. The lowest BCUT2D eigenvalue weighted by Gasteiger charge is -2.04. The van der Waals surface area contributed by atoms with Gasteiger partial charge in [0.05, 0.1) is 11.9 Å². The summed E-state index contributed by atoms with van der Waals surface area (Å²) >= 11 is 1.95. The molecule has 0 atom stereocenters. The third kappa shape index (κ3) is 4.71. The van der Waals surface area contributed by atoms with Gasteiger partial charge >= 0.3 is 0 Å². The lowest BCUT2D eigenvalue weighted by atomic mass is 10.3. The van der Waals surface area contributed by atoms with Crippen LogP contribution in [0.25, 0.3) is 0 Å². The zero-order chi connectivity index (χ0) is 10.9. The summed E-state index contributed by atoms with van der Waals surface area (Å²) in [5.74, 6) is 2.37. The Hall–Kier alpha value is -1.21. The molecule has 0 amide bonds. The van der Waals surface area contributed by atoms with Gasteiger partial charge < -0.3 is 5.32 Å². The zero-order valence-electron chi connectivity index (χ0n) is 8.86. The fraction of sp³-hybridized carbons (Fsp3) is 0.455. The summed E-state index contributed by atoms with van der Waals surface area (Å²) < 4.78 is 0. The maximum absolute atomic E-state index is 8.57. The molecule has 80 valence electrons. The largest absolute Gasteiger partial charge is 0.384 e. The predicted octanol–water partition coefficient (Wildman–Crippen LogP) is 2.51. The van der Waals surface area contributed by atoms with E-state index >= 15 is 0 Å². The quantitative estimate of drug-likeness (QED) is 0.750. The van der Waals surface area contributed by atoms with E-state index in [4.69, 9.17) is 5.26 Å². The molecule has 1 N–H and O–H groups in total. The molecule has 0 spiro atoms. The van der Waals surface area contributed by atoms with Gasteiger partial charge in [-0.1, -0.05) is 6.92 Å². The van der Waals surface area contributed by atoms with Gasteiger partial charge in [0.1, 0.15) is 11.8 Å². The van der Waals surface area contributed by atoms with Crippen molar-refractivity contribution in [2.75, 3.05) is 23.4 Å². The molecule has 15 heavy (non-hydrogen) atoms. The van der Waals surface area contributed by atoms with Crippen molar-refractivity contribution in [3.05, 3.63) is 24.0 Å². The van der Waals surface area contributed by atoms with Crippen LogP contribution < -0.4 is 5.32 Å². The van der Waals surface area contributed by atoms with Crippen LogP contribution in [-0.4, -0.2) is 23.0 Å². The summed E-state index contributed by atoms with van der Waals surface area (Å²) in [5, 5.41) is 11.8. The lowest BCUT2D eigenvalue weighted by Crippen LogP contribution is -2.03. The molecule has 4 heteroatoms. The average Bonchev–Trinajstić information content (AvgIpc) is 2.30. The van der Waals surface area contributed by atoms with Crippen LogP contribution in [0.1, 0.15) is 19.0 Å². The molecule has 1 aromatic heterocycles. The Morgan fingerprint density at radius 2 is 2.40 bits per heavy atom. The lowest BCUT2D eigenvalue weighted by molar-refractivity contribution is 0.989. The summed E-state index contributed by atoms with van der Waals surface area (Å²) in [6.45, 7) is 3.13. The molecule has 0 aliphatic rings. The molecule has 3 nitrogen and oxygen atoms in total. The predicted molar refractivity (Wildman–Crippen MR) is 65.1 cm³/mol. The van der Waals surface area contributed by atoms with Crippen LogP contribution in [0.4, 0.5) is 5.69 Å². The van der Waals surface area contributed by atoms with Crippen molar-refractivity contribution in [2.24, 2.45) is 0 Å². The minimum absolute atomic E-state index is 0.460. The van der Waals surface area contributed by atoms with Crippen LogP contribution >= 0.6 is 11.8 Å². The normalized spacial score (nSPS) is 9.60. The highest BCUT2D eigenvalue weighted by Crippen LogP contribution is 2.06. The number of hydrogen-bond acceptors (Lipinski definition) is 4. The SMILES string of the molecule is CCSCCCNc1ccc(C#N)nc1. The van der Waals surface area contributed by atoms with Gasteiger partial charge in [-0.3, -0.25) is 0 Å². The molecule has 0 unspecified atom stereocenters. The van der Waals surface area contributed by atoms with Crippen molar-refractivity contribution in [3.8, 4) is 6.07 Å². The van der Waals surface area contributed by atoms with E-state index < -0.39 is 0 Å². The number of rotatable bonds is 6. The van der Waals surface area contributed by atoms with E-state index in [1.54, 1.807) is 12.3 Å². The number of thioether (sulfide) groups is 1. The Balaban J connectivity index is 2.23. The van der Waals surface area contributed by atoms with Gasteiger partial charge in [-0.05, 0) is 30.1 Å². The first kappa shape index (κ1) is 11.9. The Kier molecular flexibility index (Phi) is 5.64. The number of nitriles is 1. The third-order valence-electron chi connectivity index (χ3n) is 1.88. The number of nitrogens with one attached hydrogen (secondary N) is 1. The first-order valence-electron chi connectivity index (χ1n) is 5.04. The van der Waals surface area contributed by atoms with Gasteiger partial charge in [-0.25, -0.2) is 4.98 Å². The van der Waals surface area contributed by atoms with Gasteiger partial charge in [-0.15, -0.1) is 0 Å². The second-order valence-corrected chi connectivity index (χ2v) is 4.42. The molecule has 0 bridgehead atoms. The monoisotopic (exact) mass is 221 g/mol. The van der Waals surface area contributed by atoms with Crippen LogP contribution in [0.15, 0.2) is 18.3 Å². The van der Waals surface area contributed by atoms with Crippen molar-refractivity contribution >= 4 is 17.4 Å². The van der Waals surface area contributed by atoms with E-state index in [2.05, 4.69) is 17.2 Å². The number of anilines is 1. The Labute approximate surface area is 94.9 Å². The molecule has 0 aliphatic heterocycles. The summed E-state index contributed by atoms with van der Waals surface area (Å²) in [7, 11) is 0. The van der Waals surface area contributed by atoms with Crippen molar-refractivity contribution < 1.29 is 0 Å². The minimum Gasteiger partial charge on any atom is -0.384 e. The zero-order valence-corrected chi connectivity index (χ0v) is 9.68. The van der Waals surface area contributed by atoms with Crippen LogP contribution in [0.5, 0.6) is 0 Å². The molecule has 0 radical (unpaired) electrons. The second kappa shape index (κ2) is 7.13. The highest BCUT2D eigenvalue weighted by Gasteiger charge is 1.93. The van der Waals surface area contributed by atoms with Crippen LogP contribution in [0.3, 0.4) is 0 Å². The molecular weight excluding hydrogens is 206 g/mol. The van der Waals surface area contributed by atoms with Gasteiger partial charge in [0.2, 0.25) is 0 Å². The molecule has 0 aromatic carbocycles. The van der Waals surface area contributed by atoms with Crippen LogP contribution in [0, 0.1) is 11.3 Å². The topological polar surface area (TPSA) is 48.7 Å². The van der Waals surface area contributed by atoms with Gasteiger partial charge in [0.25, 0.3) is 0 Å².